The van der Waals surface area contributed by atoms with Crippen LogP contribution in [0.5, 0.6) is 0 Å². The number of nitrogens with one attached hydrogen (secondary N) is 1. The Bertz CT molecular complexity index is 274. The van der Waals surface area contributed by atoms with Gasteiger partial charge >= 0.3 is 6.03 Å². The van der Waals surface area contributed by atoms with Crippen molar-refractivity contribution in [1.82, 2.24) is 14.9 Å². The number of imidazole rings is 1. The highest BCUT2D eigenvalue weighted by molar-refractivity contribution is 5.76. The highest BCUT2D eigenvalue weighted by Gasteiger charge is 2.00. The number of hydrogen-bond donors (Lipinski definition) is 2. The molecule has 0 saturated heterocycles. The van der Waals surface area contributed by atoms with E-state index in [1.54, 1.807) is 12.4 Å². The van der Waals surface area contributed by atoms with Crippen molar-refractivity contribution < 1.29 is 14.6 Å². The van der Waals surface area contributed by atoms with Crippen molar-refractivity contribution >= 4 is 6.03 Å². The highest BCUT2D eigenvalue weighted by Crippen LogP contribution is 1.86. The Morgan fingerprint density at radius 2 is 2.40 bits per heavy atom. The van der Waals surface area contributed by atoms with Crippen molar-refractivity contribution in [1.29, 1.82) is 0 Å². The number of ether oxygens (including phenoxy) is 1. The molecular weight excluding hydrogens is 198 g/mol. The molecule has 15 heavy (non-hydrogen) atoms. The summed E-state index contributed by atoms with van der Waals surface area (Å²) in [7, 11) is 0. The van der Waals surface area contributed by atoms with E-state index in [2.05, 4.69) is 10.3 Å². The Hall–Kier alpha value is -1.40. The molecule has 0 fully saturated rings. The number of amides is 1. The molecular formula is C9H15N3O3. The van der Waals surface area contributed by atoms with Crippen LogP contribution in [0.15, 0.2) is 18.7 Å². The summed E-state index contributed by atoms with van der Waals surface area (Å²) in [6.45, 7) is 1.45. The lowest BCUT2D eigenvalue weighted by molar-refractivity contribution is 0.0910. The zero-order valence-electron chi connectivity index (χ0n) is 8.43. The van der Waals surface area contributed by atoms with Crippen LogP contribution in [0, 0.1) is 0 Å². The van der Waals surface area contributed by atoms with Gasteiger partial charge < -0.3 is 15.2 Å². The number of aliphatic hydroxyl groups is 1. The van der Waals surface area contributed by atoms with Crippen LogP contribution in [0.2, 0.25) is 0 Å². The quantitative estimate of drug-likeness (QED) is 0.644. The average Bonchev–Trinajstić information content (AvgIpc) is 2.76. The van der Waals surface area contributed by atoms with E-state index in [0.717, 1.165) is 6.42 Å². The third-order valence-electron chi connectivity index (χ3n) is 1.72. The Kier molecular flexibility index (Phi) is 5.42. The molecule has 1 amide bonds. The Balaban J connectivity index is 2.03. The molecule has 1 aromatic heterocycles. The first kappa shape index (κ1) is 11.7. The Morgan fingerprint density at radius 3 is 3.07 bits per heavy atom. The van der Waals surface area contributed by atoms with Crippen LogP contribution in [0.4, 0.5) is 4.79 Å². The highest BCUT2D eigenvalue weighted by atomic mass is 16.5. The van der Waals surface area contributed by atoms with Gasteiger partial charge in [-0.05, 0) is 6.42 Å². The number of hydrogen-bond acceptors (Lipinski definition) is 4. The van der Waals surface area contributed by atoms with Crippen LogP contribution in [0.25, 0.3) is 0 Å². The molecule has 0 aliphatic carbocycles. The smallest absolute Gasteiger partial charge is 0.326 e. The molecule has 0 unspecified atom stereocenters. The van der Waals surface area contributed by atoms with Crippen molar-refractivity contribution in [3.05, 3.63) is 18.7 Å². The fourth-order valence-corrected chi connectivity index (χ4v) is 1.01. The fraction of sp³-hybridized carbons (Fsp3) is 0.556. The second kappa shape index (κ2) is 6.97. The minimum absolute atomic E-state index is 0.0292. The number of rotatable bonds is 6. The summed E-state index contributed by atoms with van der Waals surface area (Å²) in [6.07, 6.45) is 5.29. The first-order chi connectivity index (χ1) is 7.34. The van der Waals surface area contributed by atoms with E-state index in [1.165, 1.54) is 10.9 Å². The topological polar surface area (TPSA) is 76.4 Å². The summed E-state index contributed by atoms with van der Waals surface area (Å²) < 4.78 is 6.40. The lowest BCUT2D eigenvalue weighted by atomic mass is 10.4. The first-order valence-electron chi connectivity index (χ1n) is 4.79. The summed E-state index contributed by atoms with van der Waals surface area (Å²) in [5, 5.41) is 11.1. The minimum atomic E-state index is -0.199. The number of carbonyl (C=O) groups excluding carboxylic acids is 1. The number of aromatic nitrogens is 2. The second-order valence-electron chi connectivity index (χ2n) is 2.89. The molecule has 0 atom stereocenters. The fourth-order valence-electron chi connectivity index (χ4n) is 1.01. The maximum atomic E-state index is 11.3. The van der Waals surface area contributed by atoms with Crippen LogP contribution in [0.3, 0.4) is 0 Å². The van der Waals surface area contributed by atoms with Crippen LogP contribution >= 0.6 is 0 Å². The van der Waals surface area contributed by atoms with Crippen LogP contribution < -0.4 is 5.32 Å². The van der Waals surface area contributed by atoms with Gasteiger partial charge in [-0.15, -0.1) is 0 Å². The minimum Gasteiger partial charge on any atom is -0.394 e. The van der Waals surface area contributed by atoms with Gasteiger partial charge in [0.15, 0.2) is 0 Å². The van der Waals surface area contributed by atoms with Crippen molar-refractivity contribution in [2.24, 2.45) is 0 Å². The van der Waals surface area contributed by atoms with Crippen molar-refractivity contribution in [3.63, 3.8) is 0 Å². The van der Waals surface area contributed by atoms with Gasteiger partial charge in [0.1, 0.15) is 6.33 Å². The van der Waals surface area contributed by atoms with Gasteiger partial charge in [0, 0.05) is 25.5 Å². The molecule has 0 aliphatic rings. The van der Waals surface area contributed by atoms with Crippen molar-refractivity contribution in [2.75, 3.05) is 26.4 Å². The number of nitrogens with zero attached hydrogens (tertiary/aromatic N) is 2. The van der Waals surface area contributed by atoms with Crippen LogP contribution in [0.1, 0.15) is 6.42 Å². The number of carbonyl (C=O) groups is 1. The molecule has 1 rings (SSSR count). The number of aliphatic hydroxyl groups excluding tert-OH is 1. The van der Waals surface area contributed by atoms with Crippen molar-refractivity contribution in [2.45, 2.75) is 6.42 Å². The van der Waals surface area contributed by atoms with E-state index in [0.29, 0.717) is 19.8 Å². The standard InChI is InChI=1S/C9H15N3O3/c13-5-7-15-6-1-2-11-9(14)12-4-3-10-8-12/h3-4,8,13H,1-2,5-7H2,(H,11,14). The lowest BCUT2D eigenvalue weighted by Crippen LogP contribution is -2.29. The van der Waals surface area contributed by atoms with Crippen LogP contribution in [-0.2, 0) is 4.74 Å². The predicted molar refractivity (Wildman–Crippen MR) is 53.5 cm³/mol. The normalized spacial score (nSPS) is 10.2. The van der Waals surface area contributed by atoms with E-state index in [1.807, 2.05) is 0 Å². The molecule has 6 heteroatoms. The molecule has 0 saturated carbocycles. The molecule has 0 bridgehead atoms. The summed E-state index contributed by atoms with van der Waals surface area (Å²) in [5.41, 5.74) is 0. The average molecular weight is 213 g/mol. The van der Waals surface area contributed by atoms with Gasteiger partial charge in [-0.3, -0.25) is 4.57 Å². The van der Waals surface area contributed by atoms with E-state index < -0.39 is 0 Å². The molecule has 1 heterocycles. The molecule has 0 aliphatic heterocycles. The molecule has 6 nitrogen and oxygen atoms in total. The largest absolute Gasteiger partial charge is 0.394 e. The molecule has 2 N–H and O–H groups in total. The molecule has 0 radical (unpaired) electrons. The zero-order chi connectivity index (χ0) is 10.9. The molecule has 0 spiro atoms. The van der Waals surface area contributed by atoms with Crippen molar-refractivity contribution in [3.8, 4) is 0 Å². The van der Waals surface area contributed by atoms with Gasteiger partial charge in [0.25, 0.3) is 0 Å². The molecule has 1 aromatic rings. The maximum Gasteiger partial charge on any atom is 0.326 e. The van der Waals surface area contributed by atoms with Gasteiger partial charge in [-0.2, -0.15) is 0 Å². The molecule has 84 valence electrons. The maximum absolute atomic E-state index is 11.3. The summed E-state index contributed by atoms with van der Waals surface area (Å²) in [6, 6.07) is -0.199. The monoisotopic (exact) mass is 213 g/mol. The third-order valence-corrected chi connectivity index (χ3v) is 1.72. The van der Waals surface area contributed by atoms with E-state index >= 15 is 0 Å². The van der Waals surface area contributed by atoms with E-state index in [4.69, 9.17) is 9.84 Å². The Morgan fingerprint density at radius 1 is 1.53 bits per heavy atom. The van der Waals surface area contributed by atoms with Gasteiger partial charge in [0.05, 0.1) is 13.2 Å². The summed E-state index contributed by atoms with van der Waals surface area (Å²) in [5.74, 6) is 0. The van der Waals surface area contributed by atoms with Gasteiger partial charge in [0.2, 0.25) is 0 Å². The Labute approximate surface area is 87.9 Å². The van der Waals surface area contributed by atoms with Gasteiger partial charge in [-0.25, -0.2) is 9.78 Å². The third kappa shape index (κ3) is 4.57. The molecule has 0 aromatic carbocycles. The van der Waals surface area contributed by atoms with E-state index in [-0.39, 0.29) is 12.6 Å². The summed E-state index contributed by atoms with van der Waals surface area (Å²) in [4.78, 5) is 15.1. The van der Waals surface area contributed by atoms with Crippen LogP contribution in [-0.4, -0.2) is 47.1 Å². The summed E-state index contributed by atoms with van der Waals surface area (Å²) >= 11 is 0. The van der Waals surface area contributed by atoms with Gasteiger partial charge in [-0.1, -0.05) is 0 Å². The first-order valence-corrected chi connectivity index (χ1v) is 4.79. The second-order valence-corrected chi connectivity index (χ2v) is 2.89. The van der Waals surface area contributed by atoms with E-state index in [9.17, 15) is 4.79 Å². The SMILES string of the molecule is O=C(NCCCOCCO)n1ccnc1. The predicted octanol–water partition coefficient (Wildman–Crippen LogP) is -0.160. The lowest BCUT2D eigenvalue weighted by Gasteiger charge is -2.05. The zero-order valence-corrected chi connectivity index (χ0v) is 8.43.